The molecule has 0 saturated carbocycles. The van der Waals surface area contributed by atoms with Gasteiger partial charge >= 0.3 is 0 Å². The minimum atomic E-state index is -0.0825. The Morgan fingerprint density at radius 3 is 2.48 bits per heavy atom. The third kappa shape index (κ3) is 4.08. The lowest BCUT2D eigenvalue weighted by molar-refractivity contribution is 0.102. The van der Waals surface area contributed by atoms with Crippen LogP contribution in [0.5, 0.6) is 0 Å². The van der Waals surface area contributed by atoms with Crippen molar-refractivity contribution in [3.05, 3.63) is 45.1 Å². The number of carbonyl (C=O) groups excluding carboxylic acids is 1. The van der Waals surface area contributed by atoms with Crippen LogP contribution < -0.4 is 10.2 Å². The first kappa shape index (κ1) is 16.0. The molecule has 1 aromatic carbocycles. The summed E-state index contributed by atoms with van der Waals surface area (Å²) in [6.07, 6.45) is 0. The highest BCUT2D eigenvalue weighted by Crippen LogP contribution is 2.23. The summed E-state index contributed by atoms with van der Waals surface area (Å²) in [4.78, 5) is 14.4. The molecule has 0 saturated heterocycles. The number of benzene rings is 1. The molecule has 0 spiro atoms. The quantitative estimate of drug-likeness (QED) is 0.807. The van der Waals surface area contributed by atoms with Crippen molar-refractivity contribution >= 4 is 44.5 Å². The standard InChI is InChI=1S/C16H19BrN2OS/c1-4-19(11(2)3)14-7-5-13(6-8-14)18-16(20)12-9-15(17)21-10-12/h5-11H,4H2,1-3H3,(H,18,20). The van der Waals surface area contributed by atoms with Gasteiger partial charge in [0, 0.05) is 29.3 Å². The second-order valence-corrected chi connectivity index (χ2v) is 7.31. The number of anilines is 2. The van der Waals surface area contributed by atoms with Gasteiger partial charge in [0.05, 0.1) is 9.35 Å². The molecule has 5 heteroatoms. The van der Waals surface area contributed by atoms with E-state index in [1.807, 2.05) is 35.7 Å². The zero-order valence-electron chi connectivity index (χ0n) is 12.4. The van der Waals surface area contributed by atoms with E-state index in [1.54, 1.807) is 0 Å². The molecule has 0 aliphatic heterocycles. The fourth-order valence-electron chi connectivity index (χ4n) is 2.21. The van der Waals surface area contributed by atoms with E-state index in [0.717, 1.165) is 16.0 Å². The van der Waals surface area contributed by atoms with Crippen LogP contribution in [0.15, 0.2) is 39.5 Å². The van der Waals surface area contributed by atoms with Crippen molar-refractivity contribution in [2.75, 3.05) is 16.8 Å². The first-order valence-corrected chi connectivity index (χ1v) is 8.60. The van der Waals surface area contributed by atoms with Crippen LogP contribution in [0.1, 0.15) is 31.1 Å². The van der Waals surface area contributed by atoms with Crippen LogP contribution in [-0.2, 0) is 0 Å². The molecule has 2 aromatic rings. The fraction of sp³-hybridized carbons (Fsp3) is 0.312. The van der Waals surface area contributed by atoms with Crippen LogP contribution in [0, 0.1) is 0 Å². The molecule has 1 heterocycles. The molecule has 0 aliphatic rings. The molecule has 1 N–H and O–H groups in total. The maximum atomic E-state index is 12.1. The van der Waals surface area contributed by atoms with Crippen molar-refractivity contribution in [1.29, 1.82) is 0 Å². The number of thiophene rings is 1. The lowest BCUT2D eigenvalue weighted by Crippen LogP contribution is -2.30. The Balaban J connectivity index is 2.07. The molecule has 0 atom stereocenters. The highest BCUT2D eigenvalue weighted by atomic mass is 79.9. The summed E-state index contributed by atoms with van der Waals surface area (Å²) >= 11 is 4.87. The summed E-state index contributed by atoms with van der Waals surface area (Å²) in [6.45, 7) is 7.46. The lowest BCUT2D eigenvalue weighted by Gasteiger charge is -2.27. The maximum Gasteiger partial charge on any atom is 0.256 e. The zero-order chi connectivity index (χ0) is 15.4. The minimum Gasteiger partial charge on any atom is -0.369 e. The predicted octanol–water partition coefficient (Wildman–Crippen LogP) is 5.00. The molecule has 3 nitrogen and oxygen atoms in total. The first-order valence-electron chi connectivity index (χ1n) is 6.93. The Bertz CT molecular complexity index is 607. The molecule has 0 unspecified atom stereocenters. The molecule has 0 aliphatic carbocycles. The van der Waals surface area contributed by atoms with Gasteiger partial charge in [-0.2, -0.15) is 0 Å². The van der Waals surface area contributed by atoms with Crippen LogP contribution >= 0.6 is 27.3 Å². The third-order valence-corrected chi connectivity index (χ3v) is 4.75. The summed E-state index contributed by atoms with van der Waals surface area (Å²) in [5, 5.41) is 4.75. The second-order valence-electron chi connectivity index (χ2n) is 5.02. The molecule has 1 aromatic heterocycles. The lowest BCUT2D eigenvalue weighted by atomic mass is 10.2. The average Bonchev–Trinajstić information content (AvgIpc) is 2.88. The molecule has 0 fully saturated rings. The minimum absolute atomic E-state index is 0.0825. The predicted molar refractivity (Wildman–Crippen MR) is 94.6 cm³/mol. The van der Waals surface area contributed by atoms with Crippen molar-refractivity contribution in [3.63, 3.8) is 0 Å². The maximum absolute atomic E-state index is 12.1. The Morgan fingerprint density at radius 2 is 2.00 bits per heavy atom. The van der Waals surface area contributed by atoms with E-state index in [-0.39, 0.29) is 5.91 Å². The number of amides is 1. The molecule has 2 rings (SSSR count). The van der Waals surface area contributed by atoms with E-state index in [1.165, 1.54) is 17.0 Å². The van der Waals surface area contributed by atoms with Gasteiger partial charge in [0.2, 0.25) is 0 Å². The van der Waals surface area contributed by atoms with Gasteiger partial charge in [-0.15, -0.1) is 11.3 Å². The summed E-state index contributed by atoms with van der Waals surface area (Å²) < 4.78 is 0.957. The molecular formula is C16H19BrN2OS. The Kier molecular flexibility index (Phi) is 5.42. The topological polar surface area (TPSA) is 32.3 Å². The normalized spacial score (nSPS) is 10.7. The average molecular weight is 367 g/mol. The van der Waals surface area contributed by atoms with E-state index in [4.69, 9.17) is 0 Å². The number of hydrogen-bond acceptors (Lipinski definition) is 3. The van der Waals surface area contributed by atoms with Gasteiger partial charge < -0.3 is 10.2 Å². The number of carbonyl (C=O) groups is 1. The molecule has 0 bridgehead atoms. The van der Waals surface area contributed by atoms with Gasteiger partial charge in [-0.25, -0.2) is 0 Å². The van der Waals surface area contributed by atoms with Crippen molar-refractivity contribution in [2.24, 2.45) is 0 Å². The third-order valence-electron chi connectivity index (χ3n) is 3.25. The van der Waals surface area contributed by atoms with Gasteiger partial charge in [0.25, 0.3) is 5.91 Å². The monoisotopic (exact) mass is 366 g/mol. The zero-order valence-corrected chi connectivity index (χ0v) is 14.8. The van der Waals surface area contributed by atoms with E-state index in [2.05, 4.69) is 46.9 Å². The van der Waals surface area contributed by atoms with Crippen LogP contribution in [0.4, 0.5) is 11.4 Å². The van der Waals surface area contributed by atoms with Crippen molar-refractivity contribution in [2.45, 2.75) is 26.8 Å². The first-order chi connectivity index (χ1) is 10.0. The largest absolute Gasteiger partial charge is 0.369 e. The smallest absolute Gasteiger partial charge is 0.256 e. The van der Waals surface area contributed by atoms with Crippen LogP contribution in [0.2, 0.25) is 0 Å². The van der Waals surface area contributed by atoms with Crippen LogP contribution in [-0.4, -0.2) is 18.5 Å². The van der Waals surface area contributed by atoms with Crippen molar-refractivity contribution in [1.82, 2.24) is 0 Å². The summed E-state index contributed by atoms with van der Waals surface area (Å²) in [7, 11) is 0. The van der Waals surface area contributed by atoms with Gasteiger partial charge in [0.15, 0.2) is 0 Å². The summed E-state index contributed by atoms with van der Waals surface area (Å²) in [5.41, 5.74) is 2.66. The van der Waals surface area contributed by atoms with E-state index in [0.29, 0.717) is 11.6 Å². The second kappa shape index (κ2) is 7.09. The molecule has 0 radical (unpaired) electrons. The number of rotatable bonds is 5. The number of hydrogen-bond donors (Lipinski definition) is 1. The van der Waals surface area contributed by atoms with Gasteiger partial charge in [-0.05, 0) is 67.0 Å². The molecule has 112 valence electrons. The molecular weight excluding hydrogens is 348 g/mol. The van der Waals surface area contributed by atoms with E-state index < -0.39 is 0 Å². The van der Waals surface area contributed by atoms with Gasteiger partial charge in [-0.3, -0.25) is 4.79 Å². The van der Waals surface area contributed by atoms with E-state index >= 15 is 0 Å². The summed E-state index contributed by atoms with van der Waals surface area (Å²) in [5.74, 6) is -0.0825. The summed E-state index contributed by atoms with van der Waals surface area (Å²) in [6, 6.07) is 10.3. The highest BCUT2D eigenvalue weighted by molar-refractivity contribution is 9.11. The van der Waals surface area contributed by atoms with Crippen molar-refractivity contribution < 1.29 is 4.79 Å². The number of nitrogens with zero attached hydrogens (tertiary/aromatic N) is 1. The van der Waals surface area contributed by atoms with Crippen molar-refractivity contribution in [3.8, 4) is 0 Å². The fourth-order valence-corrected chi connectivity index (χ4v) is 3.35. The Hall–Kier alpha value is -1.33. The van der Waals surface area contributed by atoms with Crippen LogP contribution in [0.25, 0.3) is 0 Å². The SMILES string of the molecule is CCN(c1ccc(NC(=O)c2csc(Br)c2)cc1)C(C)C. The Labute approximate surface area is 138 Å². The van der Waals surface area contributed by atoms with Crippen LogP contribution in [0.3, 0.4) is 0 Å². The highest BCUT2D eigenvalue weighted by Gasteiger charge is 2.10. The van der Waals surface area contributed by atoms with E-state index in [9.17, 15) is 4.79 Å². The molecule has 1 amide bonds. The van der Waals surface area contributed by atoms with Gasteiger partial charge in [-0.1, -0.05) is 0 Å². The van der Waals surface area contributed by atoms with Gasteiger partial charge in [0.1, 0.15) is 0 Å². The Morgan fingerprint density at radius 1 is 1.33 bits per heavy atom. The number of halogens is 1. The molecule has 21 heavy (non-hydrogen) atoms. The number of nitrogens with one attached hydrogen (secondary N) is 1.